The second-order valence-corrected chi connectivity index (χ2v) is 12.2. The monoisotopic (exact) mass is 647 g/mol. The second kappa shape index (κ2) is 12.0. The lowest BCUT2D eigenvalue weighted by Gasteiger charge is -2.16. The molecule has 0 saturated heterocycles. The molecule has 0 radical (unpaired) electrons. The molecule has 0 saturated carbocycles. The molecule has 0 unspecified atom stereocenters. The molecular weight excluding hydrogens is 627 g/mol. The first-order chi connectivity index (χ1) is 22.5. The highest BCUT2D eigenvalue weighted by atomic mass is 32.2. The quantitative estimate of drug-likeness (QED) is 0.174. The lowest BCUT2D eigenvalue weighted by molar-refractivity contribution is 0.0696. The summed E-state index contributed by atoms with van der Waals surface area (Å²) in [6.07, 6.45) is -2.82. The molecule has 0 fully saturated rings. The zero-order chi connectivity index (χ0) is 33.5. The van der Waals surface area contributed by atoms with Crippen molar-refractivity contribution in [3.05, 3.63) is 143 Å². The smallest absolute Gasteiger partial charge is 0.335 e. The number of para-hydroxylation sites is 1. The van der Waals surface area contributed by atoms with Crippen molar-refractivity contribution >= 4 is 32.6 Å². The van der Waals surface area contributed by atoms with Crippen LogP contribution in [0.4, 0.5) is 18.9 Å². The van der Waals surface area contributed by atoms with Gasteiger partial charge in [0.1, 0.15) is 5.82 Å². The third kappa shape index (κ3) is 5.39. The van der Waals surface area contributed by atoms with Gasteiger partial charge >= 0.3 is 5.97 Å². The normalized spacial score (nSPS) is 11.4. The minimum absolute atomic E-state index is 0.0575. The van der Waals surface area contributed by atoms with Gasteiger partial charge in [-0.1, -0.05) is 60.7 Å². The van der Waals surface area contributed by atoms with Gasteiger partial charge in [-0.05, 0) is 65.2 Å². The van der Waals surface area contributed by atoms with Crippen molar-refractivity contribution < 1.29 is 31.5 Å². The van der Waals surface area contributed by atoms with E-state index in [0.29, 0.717) is 22.3 Å². The number of carboxylic acids is 1. The second-order valence-electron chi connectivity index (χ2n) is 10.4. The molecule has 0 bridgehead atoms. The van der Waals surface area contributed by atoms with E-state index in [1.54, 1.807) is 48.5 Å². The van der Waals surface area contributed by atoms with Crippen LogP contribution in [0, 0.1) is 23.7 Å². The Kier molecular flexibility index (Phi) is 7.85. The van der Waals surface area contributed by atoms with Gasteiger partial charge < -0.3 is 5.11 Å². The van der Waals surface area contributed by atoms with Gasteiger partial charge in [-0.25, -0.2) is 35.2 Å². The average Bonchev–Trinajstić information content (AvgIpc) is 3.42. The summed E-state index contributed by atoms with van der Waals surface area (Å²) in [5, 5.41) is 19.4. The molecule has 0 amide bonds. The molecule has 11 heteroatoms. The van der Waals surface area contributed by atoms with E-state index in [1.165, 1.54) is 30.3 Å². The van der Waals surface area contributed by atoms with E-state index in [4.69, 9.17) is 6.57 Å². The molecule has 1 aromatic heterocycles. The predicted octanol–water partition coefficient (Wildman–Crippen LogP) is 9.08. The van der Waals surface area contributed by atoms with Gasteiger partial charge in [0.2, 0.25) is 0 Å². The summed E-state index contributed by atoms with van der Waals surface area (Å²) < 4.78 is 71.6. The van der Waals surface area contributed by atoms with E-state index in [2.05, 4.69) is 4.85 Å². The van der Waals surface area contributed by atoms with Crippen LogP contribution in [-0.2, 0) is 10.0 Å². The number of hydrogen-bond donors (Lipinski definition) is 1. The molecule has 1 N–H and O–H groups in total. The molecule has 0 atom stereocenters. The number of fused-ring (bicyclic) bond motifs is 1. The lowest BCUT2D eigenvalue weighted by atomic mass is 9.93. The number of nitriles is 1. The third-order valence-electron chi connectivity index (χ3n) is 7.68. The average molecular weight is 648 g/mol. The minimum atomic E-state index is -4.56. The van der Waals surface area contributed by atoms with Crippen LogP contribution in [0.15, 0.2) is 114 Å². The number of benzene rings is 5. The van der Waals surface area contributed by atoms with E-state index in [1.807, 2.05) is 6.07 Å². The summed E-state index contributed by atoms with van der Waals surface area (Å²) in [5.41, 5.74) is 1.58. The highest BCUT2D eigenvalue weighted by molar-refractivity contribution is 7.90. The molecule has 7 nitrogen and oxygen atoms in total. The third-order valence-corrected chi connectivity index (χ3v) is 9.41. The van der Waals surface area contributed by atoms with Crippen LogP contribution < -0.4 is 0 Å². The highest BCUT2D eigenvalue weighted by Gasteiger charge is 2.30. The van der Waals surface area contributed by atoms with Gasteiger partial charge in [-0.2, -0.15) is 5.26 Å². The molecule has 6 rings (SSSR count). The first-order valence-corrected chi connectivity index (χ1v) is 15.3. The van der Waals surface area contributed by atoms with Crippen LogP contribution in [0.5, 0.6) is 0 Å². The number of rotatable bonds is 7. The van der Waals surface area contributed by atoms with Crippen molar-refractivity contribution in [3.8, 4) is 39.6 Å². The summed E-state index contributed by atoms with van der Waals surface area (Å²) in [6, 6.07) is 26.8. The van der Waals surface area contributed by atoms with Crippen LogP contribution >= 0.6 is 0 Å². The maximum absolute atomic E-state index is 14.9. The first kappa shape index (κ1) is 30.8. The van der Waals surface area contributed by atoms with Crippen molar-refractivity contribution in [1.29, 1.82) is 5.26 Å². The van der Waals surface area contributed by atoms with Gasteiger partial charge in [0.15, 0.2) is 5.69 Å². The summed E-state index contributed by atoms with van der Waals surface area (Å²) >= 11 is 0. The van der Waals surface area contributed by atoms with Crippen molar-refractivity contribution in [1.82, 2.24) is 3.97 Å². The molecule has 0 aliphatic heterocycles. The summed E-state index contributed by atoms with van der Waals surface area (Å²) in [4.78, 5) is 14.9. The number of aromatic nitrogens is 1. The Hall–Kier alpha value is -6.17. The number of hydrogen-bond acceptors (Lipinski definition) is 4. The first-order valence-electron chi connectivity index (χ1n) is 13.9. The van der Waals surface area contributed by atoms with Crippen LogP contribution in [0.1, 0.15) is 27.9 Å². The molecule has 0 aliphatic carbocycles. The number of aromatic carboxylic acids is 1. The molecule has 5 aromatic carbocycles. The fraction of sp³-hybridized carbons (Fsp3) is 0.0278. The number of carbonyl (C=O) groups is 1. The molecule has 47 heavy (non-hydrogen) atoms. The van der Waals surface area contributed by atoms with Crippen LogP contribution in [-0.4, -0.2) is 23.5 Å². The van der Waals surface area contributed by atoms with Crippen LogP contribution in [0.2, 0.25) is 0 Å². The van der Waals surface area contributed by atoms with Gasteiger partial charge in [0, 0.05) is 22.1 Å². The molecule has 0 spiro atoms. The van der Waals surface area contributed by atoms with Crippen molar-refractivity contribution in [2.75, 3.05) is 0 Å². The zero-order valence-electron chi connectivity index (χ0n) is 24.0. The number of halogens is 3. The number of nitrogens with zero attached hydrogens (tertiary/aromatic N) is 3. The molecule has 1 heterocycles. The Balaban J connectivity index is 1.73. The fourth-order valence-electron chi connectivity index (χ4n) is 5.55. The number of alkyl halides is 2. The Morgan fingerprint density at radius 1 is 0.872 bits per heavy atom. The highest BCUT2D eigenvalue weighted by Crippen LogP contribution is 2.46. The fourth-order valence-corrected chi connectivity index (χ4v) is 7.09. The zero-order valence-corrected chi connectivity index (χ0v) is 24.8. The van der Waals surface area contributed by atoms with E-state index >= 15 is 0 Å². The topological polar surface area (TPSA) is 105 Å². The summed E-state index contributed by atoms with van der Waals surface area (Å²) in [5.74, 6) is -1.87. The Morgan fingerprint density at radius 3 is 2.28 bits per heavy atom. The van der Waals surface area contributed by atoms with Gasteiger partial charge in [-0.15, -0.1) is 0 Å². The SMILES string of the molecule is [C-]#[N+]c1ccccc1-c1c(-c2cccc(-c3ccc(C(=O)O)cc3C#N)c2)n(S(=O)(=O)c2ccc(C(F)F)cc2)c2ccc(F)cc12. The number of carboxylic acid groups (broad SMARTS) is 1. The Bertz CT molecular complexity index is 2420. The van der Waals surface area contributed by atoms with Crippen molar-refractivity contribution in [2.24, 2.45) is 0 Å². The van der Waals surface area contributed by atoms with E-state index in [-0.39, 0.29) is 49.4 Å². The molecule has 230 valence electrons. The maximum atomic E-state index is 14.9. The maximum Gasteiger partial charge on any atom is 0.335 e. The summed E-state index contributed by atoms with van der Waals surface area (Å²) in [7, 11) is -4.56. The van der Waals surface area contributed by atoms with Gasteiger partial charge in [0.25, 0.3) is 16.4 Å². The van der Waals surface area contributed by atoms with Crippen LogP contribution in [0.25, 0.3) is 49.3 Å². The Labute approximate surface area is 266 Å². The minimum Gasteiger partial charge on any atom is -0.478 e. The van der Waals surface area contributed by atoms with E-state index in [9.17, 15) is 36.8 Å². The van der Waals surface area contributed by atoms with Gasteiger partial charge in [-0.3, -0.25) is 0 Å². The molecule has 6 aromatic rings. The van der Waals surface area contributed by atoms with E-state index in [0.717, 1.165) is 34.3 Å². The van der Waals surface area contributed by atoms with Crippen molar-refractivity contribution in [2.45, 2.75) is 11.3 Å². The Morgan fingerprint density at radius 2 is 1.60 bits per heavy atom. The largest absolute Gasteiger partial charge is 0.478 e. The molecular formula is C36H20F3N3O4S. The standard InChI is InChI=1S/C36H20F3N3O4S/c1-41-31-8-3-2-7-29(31)33-30-19-26(37)12-16-32(30)42(47(45,46)27-13-9-21(10-14-27)35(38)39)34(33)23-6-4-5-22(17-23)28-15-11-24(36(43)44)18-25(28)20-40/h2-19,35H,(H,43,44). The lowest BCUT2D eigenvalue weighted by Crippen LogP contribution is -2.14. The molecule has 0 aliphatic rings. The predicted molar refractivity (Wildman–Crippen MR) is 170 cm³/mol. The van der Waals surface area contributed by atoms with Gasteiger partial charge in [0.05, 0.1) is 39.9 Å². The van der Waals surface area contributed by atoms with Crippen molar-refractivity contribution in [3.63, 3.8) is 0 Å². The van der Waals surface area contributed by atoms with E-state index < -0.39 is 28.2 Å². The van der Waals surface area contributed by atoms with Crippen LogP contribution in [0.3, 0.4) is 0 Å². The summed E-state index contributed by atoms with van der Waals surface area (Å²) in [6.45, 7) is 7.81.